The van der Waals surface area contributed by atoms with Crippen LogP contribution in [-0.4, -0.2) is 26.8 Å². The summed E-state index contributed by atoms with van der Waals surface area (Å²) in [6.45, 7) is 3.11. The van der Waals surface area contributed by atoms with E-state index in [1.165, 1.54) is 5.56 Å². The molecule has 0 heterocycles. The molecule has 0 aliphatic heterocycles. The lowest BCUT2D eigenvalue weighted by molar-refractivity contribution is 0.240. The first-order valence-corrected chi connectivity index (χ1v) is 7.90. The minimum atomic E-state index is -0.170. The monoisotopic (exact) mass is 328 g/mol. The second-order valence-corrected chi connectivity index (χ2v) is 5.53. The van der Waals surface area contributed by atoms with E-state index in [1.54, 1.807) is 14.2 Å². The molecule has 0 saturated carbocycles. The fraction of sp³-hybridized carbons (Fsp3) is 0.316. The van der Waals surface area contributed by atoms with Crippen molar-refractivity contribution >= 4 is 6.03 Å². The van der Waals surface area contributed by atoms with Crippen LogP contribution in [0, 0.1) is 6.92 Å². The first-order chi connectivity index (χ1) is 11.6. The molecule has 0 radical (unpaired) electrons. The first kappa shape index (κ1) is 17.7. The van der Waals surface area contributed by atoms with E-state index in [1.807, 2.05) is 49.4 Å². The summed E-state index contributed by atoms with van der Waals surface area (Å²) in [6, 6.07) is 13.7. The summed E-state index contributed by atoms with van der Waals surface area (Å²) in [5, 5.41) is 5.71. The van der Waals surface area contributed by atoms with Crippen LogP contribution in [0.5, 0.6) is 11.5 Å². The van der Waals surface area contributed by atoms with Crippen LogP contribution >= 0.6 is 0 Å². The Morgan fingerprint density at radius 2 is 1.58 bits per heavy atom. The summed E-state index contributed by atoms with van der Waals surface area (Å²) in [5.41, 5.74) is 3.36. The van der Waals surface area contributed by atoms with Gasteiger partial charge in [-0.1, -0.05) is 35.9 Å². The second kappa shape index (κ2) is 8.82. The number of carbonyl (C=O) groups excluding carboxylic acids is 1. The van der Waals surface area contributed by atoms with Gasteiger partial charge in [-0.3, -0.25) is 0 Å². The fourth-order valence-electron chi connectivity index (χ4n) is 2.31. The Morgan fingerprint density at radius 1 is 0.917 bits per heavy atom. The van der Waals surface area contributed by atoms with Gasteiger partial charge in [0.1, 0.15) is 0 Å². The third-order valence-corrected chi connectivity index (χ3v) is 3.72. The van der Waals surface area contributed by atoms with E-state index in [4.69, 9.17) is 9.47 Å². The van der Waals surface area contributed by atoms with Crippen LogP contribution in [0.15, 0.2) is 42.5 Å². The number of benzene rings is 2. The average molecular weight is 328 g/mol. The number of hydrogen-bond acceptors (Lipinski definition) is 3. The number of carbonyl (C=O) groups is 1. The quantitative estimate of drug-likeness (QED) is 0.821. The predicted molar refractivity (Wildman–Crippen MR) is 94.7 cm³/mol. The Labute approximate surface area is 143 Å². The number of amides is 2. The zero-order valence-corrected chi connectivity index (χ0v) is 14.4. The summed E-state index contributed by atoms with van der Waals surface area (Å²) < 4.78 is 10.5. The highest BCUT2D eigenvalue weighted by Gasteiger charge is 2.05. The average Bonchev–Trinajstić information content (AvgIpc) is 2.61. The van der Waals surface area contributed by atoms with Crippen LogP contribution in [0.1, 0.15) is 16.7 Å². The standard InChI is InChI=1S/C19H24N2O3/c1-14-4-6-16(7-5-14)13-21-19(22)20-11-10-15-8-9-17(23-2)18(12-15)24-3/h4-9,12H,10-11,13H2,1-3H3,(H2,20,21,22). The molecule has 5 nitrogen and oxygen atoms in total. The molecule has 2 N–H and O–H groups in total. The van der Waals surface area contributed by atoms with Crippen LogP contribution in [0.4, 0.5) is 4.79 Å². The van der Waals surface area contributed by atoms with Gasteiger partial charge in [0.05, 0.1) is 14.2 Å². The minimum Gasteiger partial charge on any atom is -0.493 e. The molecule has 0 aliphatic carbocycles. The predicted octanol–water partition coefficient (Wildman–Crippen LogP) is 3.05. The van der Waals surface area contributed by atoms with Gasteiger partial charge in [0.25, 0.3) is 0 Å². The normalized spacial score (nSPS) is 10.1. The molecule has 5 heteroatoms. The number of nitrogens with one attached hydrogen (secondary N) is 2. The van der Waals surface area contributed by atoms with Gasteiger partial charge >= 0.3 is 6.03 Å². The van der Waals surface area contributed by atoms with E-state index >= 15 is 0 Å². The number of methoxy groups -OCH3 is 2. The highest BCUT2D eigenvalue weighted by molar-refractivity contribution is 5.73. The van der Waals surface area contributed by atoms with E-state index < -0.39 is 0 Å². The number of rotatable bonds is 7. The number of hydrogen-bond donors (Lipinski definition) is 2. The van der Waals surface area contributed by atoms with E-state index in [0.717, 1.165) is 17.5 Å². The smallest absolute Gasteiger partial charge is 0.315 e. The van der Waals surface area contributed by atoms with Crippen molar-refractivity contribution in [2.45, 2.75) is 19.9 Å². The lowest BCUT2D eigenvalue weighted by Crippen LogP contribution is -2.36. The van der Waals surface area contributed by atoms with Gasteiger partial charge in [-0.2, -0.15) is 0 Å². The molecule has 24 heavy (non-hydrogen) atoms. The number of ether oxygens (including phenoxy) is 2. The van der Waals surface area contributed by atoms with Crippen molar-refractivity contribution in [1.82, 2.24) is 10.6 Å². The minimum absolute atomic E-state index is 0.170. The molecule has 0 saturated heterocycles. The van der Waals surface area contributed by atoms with E-state index in [-0.39, 0.29) is 6.03 Å². The lowest BCUT2D eigenvalue weighted by atomic mass is 10.1. The second-order valence-electron chi connectivity index (χ2n) is 5.53. The zero-order valence-electron chi connectivity index (χ0n) is 14.4. The summed E-state index contributed by atoms with van der Waals surface area (Å²) in [7, 11) is 3.22. The Bertz CT molecular complexity index is 669. The van der Waals surface area contributed by atoms with Gasteiger partial charge in [-0.25, -0.2) is 4.79 Å². The van der Waals surface area contributed by atoms with Crippen molar-refractivity contribution in [2.24, 2.45) is 0 Å². The molecule has 128 valence electrons. The maximum Gasteiger partial charge on any atom is 0.315 e. The topological polar surface area (TPSA) is 59.6 Å². The third-order valence-electron chi connectivity index (χ3n) is 3.72. The van der Waals surface area contributed by atoms with E-state index in [2.05, 4.69) is 10.6 Å². The van der Waals surface area contributed by atoms with Crippen LogP contribution in [0.25, 0.3) is 0 Å². The molecule has 0 unspecified atom stereocenters. The summed E-state index contributed by atoms with van der Waals surface area (Å²) in [5.74, 6) is 1.39. The van der Waals surface area contributed by atoms with Crippen molar-refractivity contribution in [3.05, 3.63) is 59.2 Å². The Morgan fingerprint density at radius 3 is 2.25 bits per heavy atom. The highest BCUT2D eigenvalue weighted by atomic mass is 16.5. The van der Waals surface area contributed by atoms with Crippen molar-refractivity contribution < 1.29 is 14.3 Å². The molecule has 2 rings (SSSR count). The van der Waals surface area contributed by atoms with Crippen LogP contribution < -0.4 is 20.1 Å². The Kier molecular flexibility index (Phi) is 6.49. The molecule has 0 bridgehead atoms. The van der Waals surface area contributed by atoms with E-state index in [0.29, 0.717) is 24.6 Å². The molecular formula is C19H24N2O3. The highest BCUT2D eigenvalue weighted by Crippen LogP contribution is 2.27. The van der Waals surface area contributed by atoms with Gasteiger partial charge in [0.15, 0.2) is 11.5 Å². The maximum atomic E-state index is 11.8. The lowest BCUT2D eigenvalue weighted by Gasteiger charge is -2.10. The van der Waals surface area contributed by atoms with Gasteiger partial charge in [-0.05, 0) is 36.6 Å². The van der Waals surface area contributed by atoms with Gasteiger partial charge in [0.2, 0.25) is 0 Å². The number of urea groups is 1. The van der Waals surface area contributed by atoms with Crippen molar-refractivity contribution in [3.8, 4) is 11.5 Å². The first-order valence-electron chi connectivity index (χ1n) is 7.90. The molecule has 0 fully saturated rings. The van der Waals surface area contributed by atoms with Crippen molar-refractivity contribution in [2.75, 3.05) is 20.8 Å². The molecule has 2 amide bonds. The molecule has 2 aromatic carbocycles. The van der Waals surface area contributed by atoms with Crippen molar-refractivity contribution in [3.63, 3.8) is 0 Å². The third kappa shape index (κ3) is 5.19. The van der Waals surface area contributed by atoms with Gasteiger partial charge in [0, 0.05) is 13.1 Å². The SMILES string of the molecule is COc1ccc(CCNC(=O)NCc2ccc(C)cc2)cc1OC. The Hall–Kier alpha value is -2.69. The number of aryl methyl sites for hydroxylation is 1. The molecule has 2 aromatic rings. The van der Waals surface area contributed by atoms with Crippen molar-refractivity contribution in [1.29, 1.82) is 0 Å². The fourth-order valence-corrected chi connectivity index (χ4v) is 2.31. The maximum absolute atomic E-state index is 11.8. The zero-order chi connectivity index (χ0) is 17.4. The largest absolute Gasteiger partial charge is 0.493 e. The van der Waals surface area contributed by atoms with Crippen LogP contribution in [0.2, 0.25) is 0 Å². The Balaban J connectivity index is 1.75. The molecule has 0 aliphatic rings. The molecule has 0 atom stereocenters. The van der Waals surface area contributed by atoms with Crippen LogP contribution in [-0.2, 0) is 13.0 Å². The summed E-state index contributed by atoms with van der Waals surface area (Å²) >= 11 is 0. The van der Waals surface area contributed by atoms with Gasteiger partial charge < -0.3 is 20.1 Å². The van der Waals surface area contributed by atoms with E-state index in [9.17, 15) is 4.79 Å². The summed E-state index contributed by atoms with van der Waals surface area (Å²) in [4.78, 5) is 11.8. The molecule has 0 spiro atoms. The van der Waals surface area contributed by atoms with Gasteiger partial charge in [-0.15, -0.1) is 0 Å². The molecular weight excluding hydrogens is 304 g/mol. The summed E-state index contributed by atoms with van der Waals surface area (Å²) in [6.07, 6.45) is 0.721. The van der Waals surface area contributed by atoms with Crippen LogP contribution in [0.3, 0.4) is 0 Å². The molecule has 0 aromatic heterocycles.